The fourth-order valence-electron chi connectivity index (χ4n) is 4.89. The van der Waals surface area contributed by atoms with Gasteiger partial charge in [-0.2, -0.15) is 0 Å². The van der Waals surface area contributed by atoms with Gasteiger partial charge in [-0.25, -0.2) is 4.39 Å². The highest BCUT2D eigenvalue weighted by atomic mass is 35.5. The smallest absolute Gasteiger partial charge is 0.126 e. The first-order valence-corrected chi connectivity index (χ1v) is 13.7. The van der Waals surface area contributed by atoms with Crippen LogP contribution in [-0.2, 0) is 17.6 Å². The second kappa shape index (κ2) is 10.7. The van der Waals surface area contributed by atoms with Crippen LogP contribution in [0.25, 0.3) is 21.2 Å². The van der Waals surface area contributed by atoms with Crippen LogP contribution in [0.15, 0.2) is 91.0 Å². The van der Waals surface area contributed by atoms with E-state index >= 15 is 0 Å². The van der Waals surface area contributed by atoms with Crippen LogP contribution in [0, 0.1) is 5.82 Å². The Hall–Kier alpha value is -3.18. The zero-order valence-electron chi connectivity index (χ0n) is 20.3. The molecule has 0 N–H and O–H groups in total. The number of hydrogen-bond acceptors (Lipinski definition) is 3. The van der Waals surface area contributed by atoms with Crippen LogP contribution in [0.2, 0.25) is 5.02 Å². The molecule has 1 aliphatic heterocycles. The number of hydrogen-bond donors (Lipinski definition) is 0. The summed E-state index contributed by atoms with van der Waals surface area (Å²) in [5.74, 6) is 0.663. The third kappa shape index (κ3) is 5.42. The predicted molar refractivity (Wildman–Crippen MR) is 151 cm³/mol. The van der Waals surface area contributed by atoms with Gasteiger partial charge in [-0.1, -0.05) is 60.1 Å². The van der Waals surface area contributed by atoms with E-state index in [2.05, 4.69) is 36.4 Å². The second-order valence-corrected chi connectivity index (χ2v) is 11.0. The van der Waals surface area contributed by atoms with E-state index in [4.69, 9.17) is 21.1 Å². The van der Waals surface area contributed by atoms with Gasteiger partial charge in [0.1, 0.15) is 17.7 Å². The van der Waals surface area contributed by atoms with Crippen molar-refractivity contribution >= 4 is 33.0 Å². The van der Waals surface area contributed by atoms with Gasteiger partial charge in [-0.3, -0.25) is 0 Å². The molecule has 0 amide bonds. The number of ether oxygens (including phenoxy) is 2. The minimum Gasteiger partial charge on any atom is -0.488 e. The van der Waals surface area contributed by atoms with Crippen molar-refractivity contribution in [2.24, 2.45) is 0 Å². The van der Waals surface area contributed by atoms with Crippen molar-refractivity contribution in [3.05, 3.63) is 123 Å². The van der Waals surface area contributed by atoms with Gasteiger partial charge in [0, 0.05) is 27.4 Å². The molecule has 0 aliphatic carbocycles. The molecule has 1 aromatic heterocycles. The van der Waals surface area contributed by atoms with Crippen LogP contribution in [0.4, 0.5) is 4.39 Å². The minimum absolute atomic E-state index is 0.126. The third-order valence-electron chi connectivity index (χ3n) is 6.81. The minimum atomic E-state index is -0.187. The fraction of sp³-hybridized carbons (Fsp3) is 0.188. The summed E-state index contributed by atoms with van der Waals surface area (Å²) >= 11 is 8.42. The SMILES string of the molecule is Fc1ccc(-c2cccc(Cl)c2Cc2ccc(O[C@H]3CCOC3)cc2)cc1Cc1cc2ccccc2s1. The molecule has 2 heterocycles. The summed E-state index contributed by atoms with van der Waals surface area (Å²) in [7, 11) is 0. The highest BCUT2D eigenvalue weighted by Gasteiger charge is 2.17. The molecular formula is C32H26ClFO2S. The standard InChI is InChI=1S/C32H26ClFO2S/c33-30-6-3-5-28(29(30)16-21-8-11-25(12-9-21)36-26-14-15-35-20-26)22-10-13-31(34)24(17-22)19-27-18-23-4-1-2-7-32(23)37-27/h1-13,17-18,26H,14-16,19-20H2/t26-/m0/s1. The van der Waals surface area contributed by atoms with Crippen LogP contribution >= 0.6 is 22.9 Å². The molecule has 1 aliphatic rings. The van der Waals surface area contributed by atoms with E-state index in [0.717, 1.165) is 45.9 Å². The summed E-state index contributed by atoms with van der Waals surface area (Å²) in [6.45, 7) is 1.40. The Bertz CT molecular complexity index is 1500. The molecule has 0 unspecified atom stereocenters. The summed E-state index contributed by atoms with van der Waals surface area (Å²) in [6.07, 6.45) is 2.28. The molecule has 1 atom stereocenters. The van der Waals surface area contributed by atoms with Gasteiger partial charge in [0.25, 0.3) is 0 Å². The highest BCUT2D eigenvalue weighted by Crippen LogP contribution is 2.34. The molecule has 186 valence electrons. The number of halogens is 2. The summed E-state index contributed by atoms with van der Waals surface area (Å²) < 4.78 is 27.5. The van der Waals surface area contributed by atoms with Gasteiger partial charge in [-0.15, -0.1) is 11.3 Å². The van der Waals surface area contributed by atoms with E-state index in [9.17, 15) is 4.39 Å². The Morgan fingerprint density at radius 2 is 1.78 bits per heavy atom. The summed E-state index contributed by atoms with van der Waals surface area (Å²) in [4.78, 5) is 1.15. The van der Waals surface area contributed by atoms with Crippen molar-refractivity contribution in [1.82, 2.24) is 0 Å². The van der Waals surface area contributed by atoms with Gasteiger partial charge in [0.15, 0.2) is 0 Å². The van der Waals surface area contributed by atoms with E-state index in [-0.39, 0.29) is 11.9 Å². The van der Waals surface area contributed by atoms with Crippen LogP contribution in [0.5, 0.6) is 5.75 Å². The van der Waals surface area contributed by atoms with E-state index < -0.39 is 0 Å². The van der Waals surface area contributed by atoms with E-state index in [1.54, 1.807) is 17.4 Å². The van der Waals surface area contributed by atoms with Gasteiger partial charge >= 0.3 is 0 Å². The Labute approximate surface area is 225 Å². The van der Waals surface area contributed by atoms with Crippen molar-refractivity contribution in [1.29, 1.82) is 0 Å². The van der Waals surface area contributed by atoms with Gasteiger partial charge in [-0.05, 0) is 82.1 Å². The lowest BCUT2D eigenvalue weighted by atomic mass is 9.93. The maximum atomic E-state index is 14.9. The van der Waals surface area contributed by atoms with Crippen molar-refractivity contribution in [2.75, 3.05) is 13.2 Å². The molecule has 5 heteroatoms. The van der Waals surface area contributed by atoms with Crippen LogP contribution < -0.4 is 4.74 Å². The van der Waals surface area contributed by atoms with E-state index in [1.165, 1.54) is 10.1 Å². The lowest BCUT2D eigenvalue weighted by Crippen LogP contribution is -2.15. The number of thiophene rings is 1. The maximum Gasteiger partial charge on any atom is 0.126 e. The first-order valence-electron chi connectivity index (χ1n) is 12.5. The monoisotopic (exact) mass is 528 g/mol. The topological polar surface area (TPSA) is 18.5 Å². The molecule has 5 aromatic rings. The molecule has 4 aromatic carbocycles. The van der Waals surface area contributed by atoms with Gasteiger partial charge in [0.2, 0.25) is 0 Å². The fourth-order valence-corrected chi connectivity index (χ4v) is 6.22. The van der Waals surface area contributed by atoms with E-state index in [1.807, 2.05) is 48.5 Å². The Kier molecular flexibility index (Phi) is 6.97. The molecule has 0 bridgehead atoms. The molecule has 1 saturated heterocycles. The van der Waals surface area contributed by atoms with Crippen molar-refractivity contribution < 1.29 is 13.9 Å². The van der Waals surface area contributed by atoms with Crippen molar-refractivity contribution in [3.8, 4) is 16.9 Å². The average Bonchev–Trinajstić information content (AvgIpc) is 3.57. The first-order chi connectivity index (χ1) is 18.1. The Morgan fingerprint density at radius 1 is 0.919 bits per heavy atom. The largest absolute Gasteiger partial charge is 0.488 e. The normalized spacial score (nSPS) is 15.4. The maximum absolute atomic E-state index is 14.9. The number of fused-ring (bicyclic) bond motifs is 1. The predicted octanol–water partition coefficient (Wildman–Crippen LogP) is 8.71. The number of benzene rings is 4. The average molecular weight is 529 g/mol. The molecular weight excluding hydrogens is 503 g/mol. The number of rotatable bonds is 7. The van der Waals surface area contributed by atoms with Gasteiger partial charge in [0.05, 0.1) is 13.2 Å². The second-order valence-electron chi connectivity index (χ2n) is 9.42. The van der Waals surface area contributed by atoms with Gasteiger partial charge < -0.3 is 9.47 Å². The quantitative estimate of drug-likeness (QED) is 0.210. The zero-order chi connectivity index (χ0) is 25.2. The summed E-state index contributed by atoms with van der Waals surface area (Å²) in [5, 5.41) is 1.90. The van der Waals surface area contributed by atoms with Crippen LogP contribution in [0.1, 0.15) is 28.0 Å². The summed E-state index contributed by atoms with van der Waals surface area (Å²) in [6, 6.07) is 29.9. The summed E-state index contributed by atoms with van der Waals surface area (Å²) in [5.41, 5.74) is 4.84. The highest BCUT2D eigenvalue weighted by molar-refractivity contribution is 7.19. The molecule has 0 spiro atoms. The molecule has 0 radical (unpaired) electrons. The zero-order valence-corrected chi connectivity index (χ0v) is 21.8. The van der Waals surface area contributed by atoms with Crippen LogP contribution in [-0.4, -0.2) is 19.3 Å². The molecule has 1 fully saturated rings. The molecule has 0 saturated carbocycles. The Morgan fingerprint density at radius 3 is 2.59 bits per heavy atom. The lowest BCUT2D eigenvalue weighted by molar-refractivity contribution is 0.141. The molecule has 2 nitrogen and oxygen atoms in total. The molecule has 37 heavy (non-hydrogen) atoms. The van der Waals surface area contributed by atoms with Crippen molar-refractivity contribution in [3.63, 3.8) is 0 Å². The van der Waals surface area contributed by atoms with E-state index in [0.29, 0.717) is 30.0 Å². The first kappa shape index (κ1) is 24.2. The third-order valence-corrected chi connectivity index (χ3v) is 8.28. The lowest BCUT2D eigenvalue weighted by Gasteiger charge is -2.15. The van der Waals surface area contributed by atoms with Crippen molar-refractivity contribution in [2.45, 2.75) is 25.4 Å². The van der Waals surface area contributed by atoms with Crippen LogP contribution in [0.3, 0.4) is 0 Å². The molecule has 6 rings (SSSR count). The Balaban J connectivity index is 1.26.